The highest BCUT2D eigenvalue weighted by atomic mass is 16.4. The fraction of sp³-hybridized carbons (Fsp3) is 0.632. The van der Waals surface area contributed by atoms with Crippen LogP contribution in [0.5, 0.6) is 0 Å². The summed E-state index contributed by atoms with van der Waals surface area (Å²) in [5, 5.41) is 9.61. The maximum Gasteiger partial charge on any atom is 0.326 e. The molecule has 7 heteroatoms. The van der Waals surface area contributed by atoms with Crippen LogP contribution in [0.4, 0.5) is 0 Å². The van der Waals surface area contributed by atoms with Gasteiger partial charge in [-0.1, -0.05) is 12.8 Å². The molecule has 2 aliphatic heterocycles. The van der Waals surface area contributed by atoms with Gasteiger partial charge in [-0.05, 0) is 37.3 Å². The van der Waals surface area contributed by atoms with Crippen LogP contribution in [0.2, 0.25) is 0 Å². The molecule has 140 valence electrons. The number of carboxylic acid groups (broad SMARTS) is 1. The van der Waals surface area contributed by atoms with Gasteiger partial charge in [-0.3, -0.25) is 9.59 Å². The molecule has 4 atom stereocenters. The Bertz CT molecular complexity index is 701. The van der Waals surface area contributed by atoms with E-state index in [1.165, 1.54) is 0 Å². The summed E-state index contributed by atoms with van der Waals surface area (Å²) in [4.78, 5) is 40.5. The number of carbonyl (C=O) groups is 3. The highest BCUT2D eigenvalue weighted by Crippen LogP contribution is 2.41. The molecule has 1 N–H and O–H groups in total. The maximum absolute atomic E-state index is 13.2. The lowest BCUT2D eigenvalue weighted by Gasteiger charge is -2.34. The zero-order chi connectivity index (χ0) is 18.3. The van der Waals surface area contributed by atoms with E-state index in [2.05, 4.69) is 0 Å². The van der Waals surface area contributed by atoms with Crippen LogP contribution in [0.1, 0.15) is 44.3 Å². The molecule has 1 aliphatic carbocycles. The Morgan fingerprint density at radius 3 is 2.81 bits per heavy atom. The van der Waals surface area contributed by atoms with Crippen LogP contribution in [0.15, 0.2) is 22.8 Å². The van der Waals surface area contributed by atoms with Gasteiger partial charge in [0, 0.05) is 19.0 Å². The van der Waals surface area contributed by atoms with Crippen LogP contribution in [0.3, 0.4) is 0 Å². The molecule has 0 unspecified atom stereocenters. The molecule has 7 nitrogen and oxygen atoms in total. The van der Waals surface area contributed by atoms with Crippen molar-refractivity contribution in [3.05, 3.63) is 24.2 Å². The van der Waals surface area contributed by atoms with E-state index in [1.807, 2.05) is 0 Å². The van der Waals surface area contributed by atoms with Crippen molar-refractivity contribution in [1.82, 2.24) is 9.80 Å². The van der Waals surface area contributed by atoms with Gasteiger partial charge in [0.1, 0.15) is 11.8 Å². The molecule has 0 aromatic carbocycles. The lowest BCUT2D eigenvalue weighted by molar-refractivity contribution is -0.151. The largest absolute Gasteiger partial charge is 0.480 e. The molecule has 1 aromatic heterocycles. The van der Waals surface area contributed by atoms with Gasteiger partial charge < -0.3 is 19.3 Å². The topological polar surface area (TPSA) is 91.1 Å². The molecule has 2 amide bonds. The highest BCUT2D eigenvalue weighted by molar-refractivity contribution is 5.92. The quantitative estimate of drug-likeness (QED) is 0.885. The minimum atomic E-state index is -0.926. The molecular formula is C19H24N2O5. The van der Waals surface area contributed by atoms with Crippen LogP contribution < -0.4 is 0 Å². The molecule has 2 saturated heterocycles. The molecule has 26 heavy (non-hydrogen) atoms. The van der Waals surface area contributed by atoms with Crippen molar-refractivity contribution in [1.29, 1.82) is 0 Å². The zero-order valence-electron chi connectivity index (χ0n) is 14.7. The summed E-state index contributed by atoms with van der Waals surface area (Å²) in [5.74, 6) is -0.661. The first-order chi connectivity index (χ1) is 12.5. The first kappa shape index (κ1) is 17.1. The van der Waals surface area contributed by atoms with E-state index in [0.29, 0.717) is 25.3 Å². The number of carbonyl (C=O) groups excluding carboxylic acids is 2. The number of fused-ring (bicyclic) bond motifs is 1. The Balaban J connectivity index is 1.49. The van der Waals surface area contributed by atoms with Crippen molar-refractivity contribution in [3.63, 3.8) is 0 Å². The van der Waals surface area contributed by atoms with Crippen LogP contribution >= 0.6 is 0 Å². The van der Waals surface area contributed by atoms with Crippen molar-refractivity contribution in [2.75, 3.05) is 6.54 Å². The normalized spacial score (nSPS) is 31.3. The van der Waals surface area contributed by atoms with Gasteiger partial charge in [0.25, 0.3) is 0 Å². The van der Waals surface area contributed by atoms with Crippen molar-refractivity contribution in [2.24, 2.45) is 11.8 Å². The SMILES string of the molecule is O=C(O)[C@@H]1C[C@@H]2CCCC[C@H]2N1C(=O)[C@@H]1CC(=O)N(Cc2ccco2)C1. The Kier molecular flexibility index (Phi) is 4.46. The number of hydrogen-bond acceptors (Lipinski definition) is 4. The van der Waals surface area contributed by atoms with E-state index < -0.39 is 17.9 Å². The molecule has 0 bridgehead atoms. The number of rotatable bonds is 4. The van der Waals surface area contributed by atoms with Gasteiger partial charge in [-0.15, -0.1) is 0 Å². The van der Waals surface area contributed by atoms with Crippen LogP contribution in [-0.4, -0.2) is 51.3 Å². The predicted molar refractivity (Wildman–Crippen MR) is 90.9 cm³/mol. The standard InChI is InChI=1S/C19H24N2O5/c22-17-9-13(10-20(17)11-14-5-3-7-26-14)18(23)21-15-6-2-1-4-12(15)8-16(21)19(24)25/h3,5,7,12-13,15-16H,1-2,4,6,8-11H2,(H,24,25)/t12-,13+,15+,16-/m0/s1. The van der Waals surface area contributed by atoms with Crippen molar-refractivity contribution >= 4 is 17.8 Å². The second-order valence-electron chi connectivity index (χ2n) is 7.70. The summed E-state index contributed by atoms with van der Waals surface area (Å²) in [6.07, 6.45) is 6.26. The first-order valence-electron chi connectivity index (χ1n) is 9.39. The van der Waals surface area contributed by atoms with E-state index in [-0.39, 0.29) is 30.2 Å². The smallest absolute Gasteiger partial charge is 0.326 e. The minimum absolute atomic E-state index is 0.0200. The molecule has 4 rings (SSSR count). The average Bonchev–Trinajstić information content (AvgIpc) is 3.34. The summed E-state index contributed by atoms with van der Waals surface area (Å²) >= 11 is 0. The third-order valence-electron chi connectivity index (χ3n) is 6.12. The number of hydrogen-bond donors (Lipinski definition) is 1. The van der Waals surface area contributed by atoms with Gasteiger partial charge in [0.15, 0.2) is 0 Å². The Morgan fingerprint density at radius 2 is 2.08 bits per heavy atom. The molecule has 3 fully saturated rings. The summed E-state index contributed by atoms with van der Waals surface area (Å²) in [6.45, 7) is 0.683. The predicted octanol–water partition coefficient (Wildman–Crippen LogP) is 1.87. The summed E-state index contributed by atoms with van der Waals surface area (Å²) in [7, 11) is 0. The highest BCUT2D eigenvalue weighted by Gasteiger charge is 2.50. The van der Waals surface area contributed by atoms with E-state index in [9.17, 15) is 19.5 Å². The van der Waals surface area contributed by atoms with Gasteiger partial charge in [-0.25, -0.2) is 4.79 Å². The summed E-state index contributed by atoms with van der Waals surface area (Å²) < 4.78 is 5.29. The third kappa shape index (κ3) is 2.99. The number of nitrogens with zero attached hydrogens (tertiary/aromatic N) is 2. The van der Waals surface area contributed by atoms with E-state index >= 15 is 0 Å². The van der Waals surface area contributed by atoms with Gasteiger partial charge in [-0.2, -0.15) is 0 Å². The second kappa shape index (κ2) is 6.78. The minimum Gasteiger partial charge on any atom is -0.480 e. The Labute approximate surface area is 151 Å². The lowest BCUT2D eigenvalue weighted by atomic mass is 9.84. The van der Waals surface area contributed by atoms with Gasteiger partial charge in [0.05, 0.1) is 18.7 Å². The molecule has 0 spiro atoms. The number of amides is 2. The van der Waals surface area contributed by atoms with Crippen molar-refractivity contribution in [2.45, 2.75) is 57.2 Å². The lowest BCUT2D eigenvalue weighted by Crippen LogP contribution is -2.49. The molecule has 3 aliphatic rings. The molecule has 3 heterocycles. The molecule has 1 aromatic rings. The van der Waals surface area contributed by atoms with E-state index in [1.54, 1.807) is 28.2 Å². The van der Waals surface area contributed by atoms with Crippen LogP contribution in [0, 0.1) is 11.8 Å². The maximum atomic E-state index is 13.2. The number of carboxylic acids is 1. The monoisotopic (exact) mass is 360 g/mol. The van der Waals surface area contributed by atoms with Gasteiger partial charge >= 0.3 is 5.97 Å². The third-order valence-corrected chi connectivity index (χ3v) is 6.12. The number of likely N-dealkylation sites (tertiary alicyclic amines) is 2. The fourth-order valence-corrected chi connectivity index (χ4v) is 4.89. The molecule has 1 saturated carbocycles. The fourth-order valence-electron chi connectivity index (χ4n) is 4.89. The Morgan fingerprint density at radius 1 is 1.27 bits per heavy atom. The van der Waals surface area contributed by atoms with Gasteiger partial charge in [0.2, 0.25) is 11.8 Å². The summed E-state index contributed by atoms with van der Waals surface area (Å²) in [6, 6.07) is 2.84. The summed E-state index contributed by atoms with van der Waals surface area (Å²) in [5.41, 5.74) is 0. The first-order valence-corrected chi connectivity index (χ1v) is 9.39. The van der Waals surface area contributed by atoms with Crippen molar-refractivity contribution < 1.29 is 23.9 Å². The molecular weight excluding hydrogens is 336 g/mol. The second-order valence-corrected chi connectivity index (χ2v) is 7.70. The number of furan rings is 1. The average molecular weight is 360 g/mol. The molecule has 0 radical (unpaired) electrons. The van der Waals surface area contributed by atoms with E-state index in [4.69, 9.17) is 4.42 Å². The number of aliphatic carboxylic acids is 1. The van der Waals surface area contributed by atoms with E-state index in [0.717, 1.165) is 25.7 Å². The van der Waals surface area contributed by atoms with Crippen molar-refractivity contribution in [3.8, 4) is 0 Å². The van der Waals surface area contributed by atoms with Crippen LogP contribution in [0.25, 0.3) is 0 Å². The zero-order valence-corrected chi connectivity index (χ0v) is 14.7. The Hall–Kier alpha value is -2.31. The van der Waals surface area contributed by atoms with Crippen LogP contribution in [-0.2, 0) is 20.9 Å².